The van der Waals surface area contributed by atoms with Gasteiger partial charge in [-0.25, -0.2) is 12.7 Å². The molecule has 0 N–H and O–H groups in total. The monoisotopic (exact) mass is 247 g/mol. The fourth-order valence-electron chi connectivity index (χ4n) is 1.000. The van der Waals surface area contributed by atoms with E-state index in [0.717, 1.165) is 4.31 Å². The van der Waals surface area contributed by atoms with Gasteiger partial charge in [-0.2, -0.15) is 11.3 Å². The van der Waals surface area contributed by atoms with Crippen LogP contribution in [0.25, 0.3) is 0 Å². The SMILES string of the molecule is CC(C)S(=O)(=O)N(C)C(=O)c1ccsc1. The number of hydrogen-bond acceptors (Lipinski definition) is 4. The smallest absolute Gasteiger partial charge is 0.267 e. The van der Waals surface area contributed by atoms with E-state index in [0.29, 0.717) is 5.56 Å². The summed E-state index contributed by atoms with van der Waals surface area (Å²) in [6.45, 7) is 3.10. The highest BCUT2D eigenvalue weighted by Crippen LogP contribution is 2.13. The van der Waals surface area contributed by atoms with E-state index >= 15 is 0 Å². The molecular weight excluding hydrogens is 234 g/mol. The Labute approximate surface area is 93.6 Å². The van der Waals surface area contributed by atoms with Crippen LogP contribution >= 0.6 is 11.3 Å². The van der Waals surface area contributed by atoms with Crippen molar-refractivity contribution in [3.05, 3.63) is 22.4 Å². The molecule has 1 rings (SSSR count). The molecule has 15 heavy (non-hydrogen) atoms. The van der Waals surface area contributed by atoms with E-state index in [-0.39, 0.29) is 0 Å². The van der Waals surface area contributed by atoms with Crippen LogP contribution in [0.5, 0.6) is 0 Å². The minimum atomic E-state index is -3.51. The van der Waals surface area contributed by atoms with Crippen LogP contribution in [0, 0.1) is 0 Å². The van der Waals surface area contributed by atoms with Crippen LogP contribution in [0.3, 0.4) is 0 Å². The van der Waals surface area contributed by atoms with Crippen molar-refractivity contribution in [1.82, 2.24) is 4.31 Å². The van der Waals surface area contributed by atoms with Gasteiger partial charge in [0.25, 0.3) is 5.91 Å². The van der Waals surface area contributed by atoms with Crippen LogP contribution < -0.4 is 0 Å². The third kappa shape index (κ3) is 2.38. The van der Waals surface area contributed by atoms with Gasteiger partial charge in [-0.05, 0) is 25.3 Å². The molecule has 1 aromatic rings. The molecule has 0 spiro atoms. The topological polar surface area (TPSA) is 54.5 Å². The molecular formula is C9H13NO3S2. The summed E-state index contributed by atoms with van der Waals surface area (Å²) in [5.74, 6) is -0.482. The number of hydrogen-bond donors (Lipinski definition) is 0. The van der Waals surface area contributed by atoms with Gasteiger partial charge in [0.1, 0.15) is 0 Å². The Morgan fingerprint density at radius 3 is 2.47 bits per heavy atom. The maximum absolute atomic E-state index is 11.7. The first-order valence-electron chi connectivity index (χ1n) is 4.41. The van der Waals surface area contributed by atoms with E-state index in [1.54, 1.807) is 30.7 Å². The van der Waals surface area contributed by atoms with E-state index in [2.05, 4.69) is 0 Å². The number of sulfonamides is 1. The Morgan fingerprint density at radius 1 is 1.47 bits per heavy atom. The maximum Gasteiger partial charge on any atom is 0.267 e. The van der Waals surface area contributed by atoms with Gasteiger partial charge in [0.15, 0.2) is 0 Å². The summed E-state index contributed by atoms with van der Waals surface area (Å²) in [5.41, 5.74) is 0.409. The van der Waals surface area contributed by atoms with E-state index in [4.69, 9.17) is 0 Å². The highest BCUT2D eigenvalue weighted by molar-refractivity contribution is 7.90. The summed E-state index contributed by atoms with van der Waals surface area (Å²) in [7, 11) is -2.23. The molecule has 0 aliphatic heterocycles. The minimum absolute atomic E-state index is 0.409. The molecule has 1 aromatic heterocycles. The second-order valence-electron chi connectivity index (χ2n) is 3.38. The van der Waals surface area contributed by atoms with Crippen molar-refractivity contribution < 1.29 is 13.2 Å². The molecule has 0 saturated heterocycles. The molecule has 4 nitrogen and oxygen atoms in total. The molecule has 0 bridgehead atoms. The fraction of sp³-hybridized carbons (Fsp3) is 0.444. The third-order valence-corrected chi connectivity index (χ3v) is 4.84. The van der Waals surface area contributed by atoms with E-state index < -0.39 is 21.2 Å². The summed E-state index contributed by atoms with van der Waals surface area (Å²) in [6.07, 6.45) is 0. The van der Waals surface area contributed by atoms with Gasteiger partial charge in [0.05, 0.1) is 10.8 Å². The van der Waals surface area contributed by atoms with Gasteiger partial charge in [-0.1, -0.05) is 0 Å². The summed E-state index contributed by atoms with van der Waals surface area (Å²) in [4.78, 5) is 11.7. The van der Waals surface area contributed by atoms with E-state index in [1.807, 2.05) is 0 Å². The zero-order valence-electron chi connectivity index (χ0n) is 8.80. The molecule has 0 aromatic carbocycles. The highest BCUT2D eigenvalue weighted by Gasteiger charge is 2.27. The number of amides is 1. The van der Waals surface area contributed by atoms with Crippen molar-refractivity contribution in [2.24, 2.45) is 0 Å². The Balaban J connectivity index is 2.97. The molecule has 0 atom stereocenters. The van der Waals surface area contributed by atoms with Gasteiger partial charge < -0.3 is 0 Å². The third-order valence-electron chi connectivity index (χ3n) is 2.03. The lowest BCUT2D eigenvalue weighted by Gasteiger charge is -2.19. The van der Waals surface area contributed by atoms with Crippen LogP contribution in [0.1, 0.15) is 24.2 Å². The van der Waals surface area contributed by atoms with Gasteiger partial charge in [-0.3, -0.25) is 4.79 Å². The van der Waals surface area contributed by atoms with Crippen molar-refractivity contribution in [1.29, 1.82) is 0 Å². The molecule has 1 amide bonds. The lowest BCUT2D eigenvalue weighted by molar-refractivity contribution is 0.0882. The van der Waals surface area contributed by atoms with Crippen molar-refractivity contribution in [2.45, 2.75) is 19.1 Å². The van der Waals surface area contributed by atoms with E-state index in [9.17, 15) is 13.2 Å². The largest absolute Gasteiger partial charge is 0.268 e. The van der Waals surface area contributed by atoms with Crippen LogP contribution in [-0.4, -0.2) is 30.9 Å². The first-order valence-corrected chi connectivity index (χ1v) is 6.86. The summed E-state index contributed by atoms with van der Waals surface area (Å²) in [5, 5.41) is 2.78. The first-order chi connectivity index (χ1) is 6.87. The molecule has 0 fully saturated rings. The lowest BCUT2D eigenvalue weighted by Crippen LogP contribution is -2.37. The quantitative estimate of drug-likeness (QED) is 0.814. The average molecular weight is 247 g/mol. The standard InChI is InChI=1S/C9H13NO3S2/c1-7(2)15(12,13)10(3)9(11)8-4-5-14-6-8/h4-7H,1-3H3. The Bertz CT molecular complexity index is 434. The number of carbonyl (C=O) groups is 1. The average Bonchev–Trinajstić information content (AvgIpc) is 2.67. The van der Waals surface area contributed by atoms with Crippen LogP contribution in [0.2, 0.25) is 0 Å². The van der Waals surface area contributed by atoms with Crippen molar-refractivity contribution in [3.8, 4) is 0 Å². The summed E-state index contributed by atoms with van der Waals surface area (Å²) < 4.78 is 24.2. The molecule has 0 aliphatic rings. The molecule has 1 heterocycles. The number of nitrogens with zero attached hydrogens (tertiary/aromatic N) is 1. The fourth-order valence-corrected chi connectivity index (χ4v) is 2.60. The normalized spacial score (nSPS) is 11.7. The second-order valence-corrected chi connectivity index (χ2v) is 6.68. The zero-order chi connectivity index (χ0) is 11.6. The number of thiophene rings is 1. The van der Waals surface area contributed by atoms with Crippen LogP contribution in [-0.2, 0) is 10.0 Å². The number of carbonyl (C=O) groups excluding carboxylic acids is 1. The van der Waals surface area contributed by atoms with Gasteiger partial charge in [0.2, 0.25) is 10.0 Å². The summed E-state index contributed by atoms with van der Waals surface area (Å²) in [6, 6.07) is 1.61. The van der Waals surface area contributed by atoms with Crippen molar-refractivity contribution in [2.75, 3.05) is 7.05 Å². The molecule has 0 aliphatic carbocycles. The Kier molecular flexibility index (Phi) is 3.51. The zero-order valence-corrected chi connectivity index (χ0v) is 10.4. The number of rotatable bonds is 3. The predicted molar refractivity (Wildman–Crippen MR) is 60.5 cm³/mol. The summed E-state index contributed by atoms with van der Waals surface area (Å²) >= 11 is 1.36. The molecule has 6 heteroatoms. The van der Waals surface area contributed by atoms with Gasteiger partial charge in [-0.15, -0.1) is 0 Å². The van der Waals surface area contributed by atoms with Gasteiger partial charge >= 0.3 is 0 Å². The molecule has 84 valence electrons. The minimum Gasteiger partial charge on any atom is -0.268 e. The van der Waals surface area contributed by atoms with Crippen LogP contribution in [0.15, 0.2) is 16.8 Å². The molecule has 0 saturated carbocycles. The predicted octanol–water partition coefficient (Wildman–Crippen LogP) is 1.56. The Hall–Kier alpha value is -0.880. The first kappa shape index (κ1) is 12.2. The Morgan fingerprint density at radius 2 is 2.07 bits per heavy atom. The molecule has 0 radical (unpaired) electrons. The lowest BCUT2D eigenvalue weighted by atomic mass is 10.3. The van der Waals surface area contributed by atoms with Crippen LogP contribution in [0.4, 0.5) is 0 Å². The van der Waals surface area contributed by atoms with Gasteiger partial charge in [0, 0.05) is 12.4 Å². The molecule has 0 unspecified atom stereocenters. The van der Waals surface area contributed by atoms with E-state index in [1.165, 1.54) is 18.4 Å². The highest BCUT2D eigenvalue weighted by atomic mass is 32.2. The van der Waals surface area contributed by atoms with Crippen molar-refractivity contribution >= 4 is 27.3 Å². The maximum atomic E-state index is 11.7. The van der Waals surface area contributed by atoms with Crippen molar-refractivity contribution in [3.63, 3.8) is 0 Å². The second kappa shape index (κ2) is 4.32.